The van der Waals surface area contributed by atoms with Crippen molar-refractivity contribution in [3.05, 3.63) is 108 Å². The van der Waals surface area contributed by atoms with Gasteiger partial charge in [-0.1, -0.05) is 91.0 Å². The SMILES string of the molecule is [O]C1(O)O[C@H](COCc2ccccc2)[C@@H](OCc2ccccc2)[C@@H]1OCc1ccccc1. The summed E-state index contributed by atoms with van der Waals surface area (Å²) in [6.07, 6.45) is -2.78. The average molecular weight is 435 g/mol. The Morgan fingerprint density at radius 3 is 1.72 bits per heavy atom. The third kappa shape index (κ3) is 6.01. The van der Waals surface area contributed by atoms with Gasteiger partial charge in [0.25, 0.3) is 0 Å². The first-order valence-corrected chi connectivity index (χ1v) is 10.6. The van der Waals surface area contributed by atoms with Crippen LogP contribution in [0.25, 0.3) is 0 Å². The third-order valence-corrected chi connectivity index (χ3v) is 5.30. The minimum Gasteiger partial charge on any atom is -0.374 e. The Balaban J connectivity index is 1.44. The van der Waals surface area contributed by atoms with E-state index < -0.39 is 24.3 Å². The van der Waals surface area contributed by atoms with E-state index in [1.807, 2.05) is 91.0 Å². The topological polar surface area (TPSA) is 77.1 Å². The van der Waals surface area contributed by atoms with Crippen LogP contribution in [0, 0.1) is 0 Å². The number of ether oxygens (including phenoxy) is 4. The van der Waals surface area contributed by atoms with Gasteiger partial charge in [-0.2, -0.15) is 5.11 Å². The molecule has 0 aliphatic carbocycles. The Labute approximate surface area is 188 Å². The quantitative estimate of drug-likeness (QED) is 0.490. The monoisotopic (exact) mass is 435 g/mol. The van der Waals surface area contributed by atoms with Crippen LogP contribution < -0.4 is 0 Å². The van der Waals surface area contributed by atoms with Crippen LogP contribution in [-0.2, 0) is 43.9 Å². The number of rotatable bonds is 10. The van der Waals surface area contributed by atoms with Crippen molar-refractivity contribution < 1.29 is 29.2 Å². The summed E-state index contributed by atoms with van der Waals surface area (Å²) >= 11 is 0. The minimum absolute atomic E-state index is 0.0874. The molecular formula is C26H27O6. The lowest BCUT2D eigenvalue weighted by atomic mass is 10.1. The Morgan fingerprint density at radius 2 is 1.19 bits per heavy atom. The van der Waals surface area contributed by atoms with Crippen LogP contribution in [-0.4, -0.2) is 36.0 Å². The minimum atomic E-state index is -2.74. The van der Waals surface area contributed by atoms with E-state index in [0.717, 1.165) is 16.7 Å². The van der Waals surface area contributed by atoms with Gasteiger partial charge >= 0.3 is 5.97 Å². The molecule has 1 unspecified atom stereocenters. The summed E-state index contributed by atoms with van der Waals surface area (Å²) in [5.74, 6) is -2.74. The van der Waals surface area contributed by atoms with Gasteiger partial charge in [0, 0.05) is 0 Å². The molecule has 0 amide bonds. The first kappa shape index (κ1) is 22.6. The van der Waals surface area contributed by atoms with Crippen molar-refractivity contribution in [3.8, 4) is 0 Å². The maximum atomic E-state index is 12.8. The van der Waals surface area contributed by atoms with Crippen LogP contribution in [0.5, 0.6) is 0 Å². The molecule has 0 saturated carbocycles. The van der Waals surface area contributed by atoms with Gasteiger partial charge in [0.1, 0.15) is 12.2 Å². The number of hydrogen-bond donors (Lipinski definition) is 1. The highest BCUT2D eigenvalue weighted by Crippen LogP contribution is 2.34. The molecule has 0 bridgehead atoms. The lowest BCUT2D eigenvalue weighted by Gasteiger charge is -2.25. The summed E-state index contributed by atoms with van der Waals surface area (Å²) < 4.78 is 23.1. The van der Waals surface area contributed by atoms with Crippen LogP contribution in [0.15, 0.2) is 91.0 Å². The Bertz CT molecular complexity index is 932. The molecule has 3 aromatic carbocycles. The van der Waals surface area contributed by atoms with Gasteiger partial charge in [0.15, 0.2) is 6.10 Å². The van der Waals surface area contributed by atoms with Crippen LogP contribution in [0.1, 0.15) is 16.7 Å². The summed E-state index contributed by atoms with van der Waals surface area (Å²) in [6.45, 7) is 0.858. The maximum absolute atomic E-state index is 12.8. The van der Waals surface area contributed by atoms with Crippen molar-refractivity contribution in [2.45, 2.75) is 44.1 Å². The lowest BCUT2D eigenvalue weighted by Crippen LogP contribution is -2.45. The second-order valence-corrected chi connectivity index (χ2v) is 7.77. The second kappa shape index (κ2) is 10.8. The average Bonchev–Trinajstić information content (AvgIpc) is 3.07. The Kier molecular flexibility index (Phi) is 7.65. The summed E-state index contributed by atoms with van der Waals surface area (Å²) in [7, 11) is 0. The third-order valence-electron chi connectivity index (χ3n) is 5.30. The van der Waals surface area contributed by atoms with Crippen LogP contribution in [0.4, 0.5) is 0 Å². The fourth-order valence-electron chi connectivity index (χ4n) is 3.67. The molecule has 1 aliphatic heterocycles. The van der Waals surface area contributed by atoms with E-state index in [1.165, 1.54) is 0 Å². The molecule has 0 aromatic heterocycles. The summed E-state index contributed by atoms with van der Waals surface area (Å²) in [5, 5.41) is 23.2. The predicted molar refractivity (Wildman–Crippen MR) is 117 cm³/mol. The Hall–Kier alpha value is -2.58. The molecule has 167 valence electrons. The molecule has 1 fully saturated rings. The molecule has 1 saturated heterocycles. The van der Waals surface area contributed by atoms with Gasteiger partial charge in [-0.15, -0.1) is 0 Å². The molecule has 1 aliphatic rings. The van der Waals surface area contributed by atoms with Crippen molar-refractivity contribution in [3.63, 3.8) is 0 Å². The first-order chi connectivity index (χ1) is 15.6. The fraction of sp³-hybridized carbons (Fsp3) is 0.308. The zero-order valence-corrected chi connectivity index (χ0v) is 17.7. The largest absolute Gasteiger partial charge is 0.374 e. The van der Waals surface area contributed by atoms with Gasteiger partial charge in [0.2, 0.25) is 0 Å². The highest BCUT2D eigenvalue weighted by Gasteiger charge is 2.57. The molecule has 1 N–H and O–H groups in total. The highest BCUT2D eigenvalue weighted by molar-refractivity contribution is 5.15. The molecule has 6 heteroatoms. The first-order valence-electron chi connectivity index (χ1n) is 10.6. The maximum Gasteiger partial charge on any atom is 0.340 e. The summed E-state index contributed by atoms with van der Waals surface area (Å²) in [6, 6.07) is 28.8. The molecule has 4 rings (SSSR count). The van der Waals surface area contributed by atoms with Crippen molar-refractivity contribution in [1.82, 2.24) is 0 Å². The molecule has 4 atom stereocenters. The lowest BCUT2D eigenvalue weighted by molar-refractivity contribution is -0.390. The van der Waals surface area contributed by atoms with E-state index >= 15 is 0 Å². The van der Waals surface area contributed by atoms with Crippen LogP contribution in [0.3, 0.4) is 0 Å². The number of aliphatic hydroxyl groups is 1. The predicted octanol–water partition coefficient (Wildman–Crippen LogP) is 3.85. The zero-order chi connectivity index (χ0) is 22.2. The van der Waals surface area contributed by atoms with E-state index in [-0.39, 0.29) is 19.8 Å². The molecule has 0 spiro atoms. The second-order valence-electron chi connectivity index (χ2n) is 7.77. The smallest absolute Gasteiger partial charge is 0.340 e. The van der Waals surface area contributed by atoms with E-state index in [4.69, 9.17) is 18.9 Å². The van der Waals surface area contributed by atoms with E-state index in [1.54, 1.807) is 0 Å². The van der Waals surface area contributed by atoms with Gasteiger partial charge in [0.05, 0.1) is 26.4 Å². The standard InChI is InChI=1S/C26H27O6/c27-26(28)25(31-18-22-14-8-3-9-15-22)24(30-17-21-12-6-2-7-13-21)23(32-26)19-29-16-20-10-4-1-5-11-20/h1-15,23-25,27H,16-19H2/t23-,24-,25+,26?/m1/s1. The van der Waals surface area contributed by atoms with Gasteiger partial charge in [-0.05, 0) is 16.7 Å². The fourth-order valence-corrected chi connectivity index (χ4v) is 3.67. The van der Waals surface area contributed by atoms with Crippen molar-refractivity contribution in [1.29, 1.82) is 0 Å². The van der Waals surface area contributed by atoms with Crippen LogP contribution in [0.2, 0.25) is 0 Å². The van der Waals surface area contributed by atoms with E-state index in [0.29, 0.717) is 6.61 Å². The molecule has 6 nitrogen and oxygen atoms in total. The van der Waals surface area contributed by atoms with Crippen LogP contribution >= 0.6 is 0 Å². The molecule has 1 heterocycles. The molecule has 32 heavy (non-hydrogen) atoms. The zero-order valence-electron chi connectivity index (χ0n) is 17.7. The molecule has 3 aromatic rings. The summed E-state index contributed by atoms with van der Waals surface area (Å²) in [4.78, 5) is 0. The summed E-state index contributed by atoms with van der Waals surface area (Å²) in [5.41, 5.74) is 2.83. The van der Waals surface area contributed by atoms with Crippen molar-refractivity contribution in [2.24, 2.45) is 0 Å². The molecular weight excluding hydrogens is 408 g/mol. The molecule has 1 radical (unpaired) electrons. The van der Waals surface area contributed by atoms with E-state index in [9.17, 15) is 10.2 Å². The normalized spacial score (nSPS) is 22.1. The van der Waals surface area contributed by atoms with Gasteiger partial charge < -0.3 is 24.1 Å². The Morgan fingerprint density at radius 1 is 0.719 bits per heavy atom. The number of hydrogen-bond acceptors (Lipinski definition) is 5. The van der Waals surface area contributed by atoms with Crippen molar-refractivity contribution >= 4 is 0 Å². The van der Waals surface area contributed by atoms with Crippen molar-refractivity contribution in [2.75, 3.05) is 6.61 Å². The number of benzene rings is 3. The van der Waals surface area contributed by atoms with Gasteiger partial charge in [-0.25, -0.2) is 0 Å². The van der Waals surface area contributed by atoms with Gasteiger partial charge in [-0.3, -0.25) is 0 Å². The highest BCUT2D eigenvalue weighted by atomic mass is 16.8. The van der Waals surface area contributed by atoms with E-state index in [2.05, 4.69) is 0 Å².